The van der Waals surface area contributed by atoms with Gasteiger partial charge in [-0.25, -0.2) is 4.79 Å². The predicted molar refractivity (Wildman–Crippen MR) is 104 cm³/mol. The fourth-order valence-corrected chi connectivity index (χ4v) is 3.21. The Labute approximate surface area is 166 Å². The number of piperazine rings is 1. The van der Waals surface area contributed by atoms with Crippen LogP contribution in [0.15, 0.2) is 42.5 Å². The number of anilines is 1. The Bertz CT molecular complexity index is 851. The zero-order valence-corrected chi connectivity index (χ0v) is 15.9. The first-order valence-electron chi connectivity index (χ1n) is 8.38. The Kier molecular flexibility index (Phi) is 6.08. The van der Waals surface area contributed by atoms with Gasteiger partial charge in [-0.2, -0.15) is 0 Å². The molecule has 0 spiro atoms. The molecule has 1 aliphatic rings. The van der Waals surface area contributed by atoms with Gasteiger partial charge >= 0.3 is 5.97 Å². The number of nitrogens with zero attached hydrogens (tertiary/aromatic N) is 2. The van der Waals surface area contributed by atoms with Gasteiger partial charge in [0.25, 0.3) is 5.91 Å². The second-order valence-electron chi connectivity index (χ2n) is 6.09. The quantitative estimate of drug-likeness (QED) is 0.786. The largest absolute Gasteiger partial charge is 0.507 e. The van der Waals surface area contributed by atoms with Crippen molar-refractivity contribution in [3.8, 4) is 5.75 Å². The average Bonchev–Trinajstić information content (AvgIpc) is 2.68. The number of hydrogen-bond donors (Lipinski definition) is 1. The lowest BCUT2D eigenvalue weighted by Crippen LogP contribution is -2.49. The summed E-state index contributed by atoms with van der Waals surface area (Å²) in [6.07, 6.45) is 0. The second-order valence-corrected chi connectivity index (χ2v) is 6.96. The van der Waals surface area contributed by atoms with Crippen LogP contribution in [0.25, 0.3) is 0 Å². The summed E-state index contributed by atoms with van der Waals surface area (Å²) in [6, 6.07) is 11.6. The number of hydrogen-bond acceptors (Lipinski definition) is 5. The second kappa shape index (κ2) is 8.50. The van der Waals surface area contributed by atoms with Crippen LogP contribution in [0.5, 0.6) is 5.75 Å². The first kappa shape index (κ1) is 19.3. The van der Waals surface area contributed by atoms with E-state index in [1.54, 1.807) is 4.90 Å². The van der Waals surface area contributed by atoms with E-state index in [0.29, 0.717) is 36.2 Å². The molecule has 1 amide bonds. The van der Waals surface area contributed by atoms with E-state index >= 15 is 0 Å². The van der Waals surface area contributed by atoms with Crippen LogP contribution in [0.1, 0.15) is 10.4 Å². The van der Waals surface area contributed by atoms with E-state index in [4.69, 9.17) is 27.9 Å². The number of carbonyl (C=O) groups is 2. The highest BCUT2D eigenvalue weighted by Crippen LogP contribution is 2.23. The summed E-state index contributed by atoms with van der Waals surface area (Å²) >= 11 is 11.8. The van der Waals surface area contributed by atoms with Gasteiger partial charge in [0.2, 0.25) is 0 Å². The summed E-state index contributed by atoms with van der Waals surface area (Å²) in [7, 11) is 0. The molecule has 2 aromatic rings. The third-order valence-corrected chi connectivity index (χ3v) is 4.78. The molecular formula is C19H18Cl2N2O4. The highest BCUT2D eigenvalue weighted by atomic mass is 35.5. The molecule has 0 radical (unpaired) electrons. The predicted octanol–water partition coefficient (Wildman–Crippen LogP) is 3.20. The van der Waals surface area contributed by atoms with E-state index in [1.807, 2.05) is 24.3 Å². The molecule has 8 heteroatoms. The van der Waals surface area contributed by atoms with Crippen LogP contribution in [0, 0.1) is 0 Å². The number of phenolic OH excluding ortho intramolecular Hbond substituents is 1. The molecule has 27 heavy (non-hydrogen) atoms. The number of halogens is 2. The molecule has 3 rings (SSSR count). The third kappa shape index (κ3) is 4.84. The maximum atomic E-state index is 12.3. The molecule has 0 aliphatic carbocycles. The molecule has 142 valence electrons. The molecule has 1 N–H and O–H groups in total. The van der Waals surface area contributed by atoms with Gasteiger partial charge in [-0.15, -0.1) is 0 Å². The molecule has 0 unspecified atom stereocenters. The molecular weight excluding hydrogens is 391 g/mol. The zero-order valence-electron chi connectivity index (χ0n) is 14.4. The Morgan fingerprint density at radius 2 is 1.70 bits per heavy atom. The van der Waals surface area contributed by atoms with Gasteiger partial charge in [0.15, 0.2) is 6.61 Å². The molecule has 1 saturated heterocycles. The summed E-state index contributed by atoms with van der Waals surface area (Å²) in [6.45, 7) is 1.97. The Morgan fingerprint density at radius 1 is 1.00 bits per heavy atom. The minimum absolute atomic E-state index is 0.0684. The fourth-order valence-electron chi connectivity index (χ4n) is 2.85. The lowest BCUT2D eigenvalue weighted by Gasteiger charge is -2.36. The molecule has 0 aromatic heterocycles. The van der Waals surface area contributed by atoms with E-state index in [9.17, 15) is 14.7 Å². The number of ether oxygens (including phenoxy) is 1. The van der Waals surface area contributed by atoms with Crippen LogP contribution in [-0.2, 0) is 9.53 Å². The van der Waals surface area contributed by atoms with Gasteiger partial charge in [-0.3, -0.25) is 4.79 Å². The molecule has 0 bridgehead atoms. The molecule has 1 heterocycles. The normalized spacial score (nSPS) is 14.1. The number of benzene rings is 2. The molecule has 0 atom stereocenters. The number of amides is 1. The van der Waals surface area contributed by atoms with Crippen molar-refractivity contribution in [1.29, 1.82) is 0 Å². The number of aromatic hydroxyl groups is 1. The van der Waals surface area contributed by atoms with Gasteiger partial charge in [0, 0.05) is 41.9 Å². The minimum Gasteiger partial charge on any atom is -0.507 e. The van der Waals surface area contributed by atoms with Crippen LogP contribution in [0.4, 0.5) is 5.69 Å². The summed E-state index contributed by atoms with van der Waals surface area (Å²) in [4.78, 5) is 28.1. The van der Waals surface area contributed by atoms with Crippen LogP contribution in [0.3, 0.4) is 0 Å². The Morgan fingerprint density at radius 3 is 2.41 bits per heavy atom. The first-order chi connectivity index (χ1) is 12.9. The summed E-state index contributed by atoms with van der Waals surface area (Å²) in [5.74, 6) is -1.32. The zero-order chi connectivity index (χ0) is 19.4. The van der Waals surface area contributed by atoms with Crippen molar-refractivity contribution in [2.75, 3.05) is 37.7 Å². The van der Waals surface area contributed by atoms with Gasteiger partial charge in [-0.05, 0) is 36.4 Å². The number of esters is 1. The van der Waals surface area contributed by atoms with Gasteiger partial charge in [0.1, 0.15) is 11.3 Å². The first-order valence-corrected chi connectivity index (χ1v) is 9.13. The lowest BCUT2D eigenvalue weighted by atomic mass is 10.2. The van der Waals surface area contributed by atoms with Crippen molar-refractivity contribution >= 4 is 40.8 Å². The summed E-state index contributed by atoms with van der Waals surface area (Å²) in [5.41, 5.74) is 0.943. The van der Waals surface area contributed by atoms with Crippen LogP contribution < -0.4 is 4.90 Å². The minimum atomic E-state index is -0.791. The smallest absolute Gasteiger partial charge is 0.342 e. The van der Waals surface area contributed by atoms with Crippen molar-refractivity contribution in [2.45, 2.75) is 0 Å². The van der Waals surface area contributed by atoms with Crippen molar-refractivity contribution in [3.63, 3.8) is 0 Å². The SMILES string of the molecule is O=C(OCC(=O)N1CCN(c2cccc(Cl)c2)CC1)c1cc(Cl)ccc1O. The average molecular weight is 409 g/mol. The van der Waals surface area contributed by atoms with E-state index < -0.39 is 5.97 Å². The van der Waals surface area contributed by atoms with Crippen molar-refractivity contribution < 1.29 is 19.4 Å². The number of rotatable bonds is 4. The van der Waals surface area contributed by atoms with E-state index in [0.717, 1.165) is 5.69 Å². The topological polar surface area (TPSA) is 70.1 Å². The molecule has 0 saturated carbocycles. The standard InChI is InChI=1S/C19H18Cl2N2O4/c20-13-2-1-3-15(10-13)22-6-8-23(9-7-22)18(25)12-27-19(26)16-11-14(21)4-5-17(16)24/h1-5,10-11,24H,6-9,12H2. The maximum Gasteiger partial charge on any atom is 0.342 e. The monoisotopic (exact) mass is 408 g/mol. The van der Waals surface area contributed by atoms with Crippen molar-refractivity contribution in [2.24, 2.45) is 0 Å². The Balaban J connectivity index is 1.51. The van der Waals surface area contributed by atoms with Gasteiger partial charge in [-0.1, -0.05) is 29.3 Å². The van der Waals surface area contributed by atoms with Gasteiger partial charge in [0.05, 0.1) is 0 Å². The van der Waals surface area contributed by atoms with E-state index in [2.05, 4.69) is 4.90 Å². The molecule has 1 fully saturated rings. The van der Waals surface area contributed by atoms with Crippen LogP contribution in [-0.4, -0.2) is 54.7 Å². The number of phenols is 1. The molecule has 6 nitrogen and oxygen atoms in total. The van der Waals surface area contributed by atoms with E-state index in [-0.39, 0.29) is 23.8 Å². The Hall–Kier alpha value is -2.44. The fraction of sp³-hybridized carbons (Fsp3) is 0.263. The van der Waals surface area contributed by atoms with E-state index in [1.165, 1.54) is 18.2 Å². The molecule has 2 aromatic carbocycles. The highest BCUT2D eigenvalue weighted by Gasteiger charge is 2.23. The third-order valence-electron chi connectivity index (χ3n) is 4.31. The lowest BCUT2D eigenvalue weighted by molar-refractivity contribution is -0.134. The van der Waals surface area contributed by atoms with Crippen LogP contribution >= 0.6 is 23.2 Å². The maximum absolute atomic E-state index is 12.3. The van der Waals surface area contributed by atoms with Crippen molar-refractivity contribution in [1.82, 2.24) is 4.90 Å². The van der Waals surface area contributed by atoms with Crippen molar-refractivity contribution in [3.05, 3.63) is 58.1 Å². The number of carbonyl (C=O) groups excluding carboxylic acids is 2. The highest BCUT2D eigenvalue weighted by molar-refractivity contribution is 6.31. The molecule has 1 aliphatic heterocycles. The van der Waals surface area contributed by atoms with Crippen LogP contribution in [0.2, 0.25) is 10.0 Å². The van der Waals surface area contributed by atoms with Gasteiger partial charge < -0.3 is 19.6 Å². The summed E-state index contributed by atoms with van der Waals surface area (Å²) < 4.78 is 5.03. The summed E-state index contributed by atoms with van der Waals surface area (Å²) in [5, 5.41) is 10.7.